The summed E-state index contributed by atoms with van der Waals surface area (Å²) in [5, 5.41) is 14.3. The Morgan fingerprint density at radius 3 is 2.94 bits per heavy atom. The topological polar surface area (TPSA) is 45.1 Å². The summed E-state index contributed by atoms with van der Waals surface area (Å²) in [4.78, 5) is 4.31. The molecule has 1 saturated carbocycles. The lowest BCUT2D eigenvalue weighted by Gasteiger charge is -2.13. The number of benzene rings is 1. The predicted molar refractivity (Wildman–Crippen MR) is 69.0 cm³/mol. The minimum Gasteiger partial charge on any atom is -0.391 e. The van der Waals surface area contributed by atoms with Crippen LogP contribution in [0.4, 0.5) is 5.69 Å². The van der Waals surface area contributed by atoms with Gasteiger partial charge >= 0.3 is 0 Å². The van der Waals surface area contributed by atoms with Gasteiger partial charge in [-0.3, -0.25) is 4.98 Å². The Morgan fingerprint density at radius 2 is 2.12 bits per heavy atom. The molecule has 0 amide bonds. The highest BCUT2D eigenvalue weighted by Gasteiger charge is 2.29. The number of nitrogens with one attached hydrogen (secondary N) is 1. The molecular formula is C14H16N2O. The maximum atomic E-state index is 9.84. The molecule has 1 aromatic carbocycles. The molecule has 1 aromatic heterocycles. The summed E-state index contributed by atoms with van der Waals surface area (Å²) in [5.74, 6) is 0.510. The fourth-order valence-electron chi connectivity index (χ4n) is 2.11. The van der Waals surface area contributed by atoms with E-state index < -0.39 is 0 Å². The number of fused-ring (bicyclic) bond motifs is 1. The molecule has 0 saturated heterocycles. The zero-order valence-corrected chi connectivity index (χ0v) is 9.63. The molecule has 2 aromatic rings. The van der Waals surface area contributed by atoms with Gasteiger partial charge in [0, 0.05) is 23.8 Å². The van der Waals surface area contributed by atoms with Gasteiger partial charge in [0.25, 0.3) is 0 Å². The fourth-order valence-corrected chi connectivity index (χ4v) is 2.11. The zero-order chi connectivity index (χ0) is 11.7. The van der Waals surface area contributed by atoms with E-state index in [1.165, 1.54) is 12.8 Å². The average molecular weight is 228 g/mol. The summed E-state index contributed by atoms with van der Waals surface area (Å²) >= 11 is 0. The minimum absolute atomic E-state index is 0.220. The molecule has 3 nitrogen and oxygen atoms in total. The highest BCUT2D eigenvalue weighted by atomic mass is 16.3. The monoisotopic (exact) mass is 228 g/mol. The molecule has 3 rings (SSSR count). The van der Waals surface area contributed by atoms with Gasteiger partial charge in [0.05, 0.1) is 11.6 Å². The van der Waals surface area contributed by atoms with Crippen LogP contribution in [0.5, 0.6) is 0 Å². The number of aliphatic hydroxyl groups excluding tert-OH is 1. The van der Waals surface area contributed by atoms with E-state index in [0.29, 0.717) is 12.5 Å². The van der Waals surface area contributed by atoms with Gasteiger partial charge in [-0.15, -0.1) is 0 Å². The van der Waals surface area contributed by atoms with Crippen LogP contribution >= 0.6 is 0 Å². The standard InChI is InChI=1S/C14H16N2O/c17-14(10-5-6-10)9-16-13-7-8-15-12-4-2-1-3-11(12)13/h1-4,7-8,10,14,17H,5-6,9H2,(H,15,16). The Balaban J connectivity index is 1.79. The molecule has 1 aliphatic carbocycles. The lowest BCUT2D eigenvalue weighted by molar-refractivity contribution is 0.164. The number of anilines is 1. The molecule has 88 valence electrons. The summed E-state index contributed by atoms with van der Waals surface area (Å²) in [6.07, 6.45) is 3.91. The third kappa shape index (κ3) is 2.24. The van der Waals surface area contributed by atoms with Gasteiger partial charge in [0.1, 0.15) is 0 Å². The van der Waals surface area contributed by atoms with E-state index in [4.69, 9.17) is 0 Å². The van der Waals surface area contributed by atoms with E-state index in [2.05, 4.69) is 10.3 Å². The highest BCUT2D eigenvalue weighted by Crippen LogP contribution is 2.32. The van der Waals surface area contributed by atoms with Crippen LogP contribution in [0.15, 0.2) is 36.5 Å². The van der Waals surface area contributed by atoms with E-state index in [1.54, 1.807) is 6.20 Å². The van der Waals surface area contributed by atoms with Crippen molar-refractivity contribution in [3.8, 4) is 0 Å². The summed E-state index contributed by atoms with van der Waals surface area (Å²) in [5.41, 5.74) is 2.04. The summed E-state index contributed by atoms with van der Waals surface area (Å²) in [6, 6.07) is 10.00. The lowest BCUT2D eigenvalue weighted by atomic mass is 10.1. The summed E-state index contributed by atoms with van der Waals surface area (Å²) < 4.78 is 0. The Kier molecular flexibility index (Phi) is 2.69. The van der Waals surface area contributed by atoms with Crippen LogP contribution in [0.2, 0.25) is 0 Å². The predicted octanol–water partition coefficient (Wildman–Crippen LogP) is 2.42. The number of pyridine rings is 1. The number of aromatic nitrogens is 1. The summed E-state index contributed by atoms with van der Waals surface area (Å²) in [7, 11) is 0. The van der Waals surface area contributed by atoms with E-state index >= 15 is 0 Å². The number of para-hydroxylation sites is 1. The molecule has 17 heavy (non-hydrogen) atoms. The van der Waals surface area contributed by atoms with Crippen molar-refractivity contribution < 1.29 is 5.11 Å². The summed E-state index contributed by atoms with van der Waals surface area (Å²) in [6.45, 7) is 0.624. The van der Waals surface area contributed by atoms with Crippen LogP contribution in [0, 0.1) is 5.92 Å². The minimum atomic E-state index is -0.220. The second-order valence-corrected chi connectivity index (χ2v) is 4.66. The van der Waals surface area contributed by atoms with Crippen LogP contribution in [-0.4, -0.2) is 22.7 Å². The van der Waals surface area contributed by atoms with E-state index in [-0.39, 0.29) is 6.10 Å². The van der Waals surface area contributed by atoms with Crippen LogP contribution in [0.25, 0.3) is 10.9 Å². The average Bonchev–Trinajstić information content (AvgIpc) is 3.20. The number of hydrogen-bond donors (Lipinski definition) is 2. The van der Waals surface area contributed by atoms with Crippen molar-refractivity contribution in [3.05, 3.63) is 36.5 Å². The second kappa shape index (κ2) is 4.34. The Morgan fingerprint density at radius 1 is 1.29 bits per heavy atom. The maximum absolute atomic E-state index is 9.84. The molecule has 1 unspecified atom stereocenters. The lowest BCUT2D eigenvalue weighted by Crippen LogP contribution is -2.21. The van der Waals surface area contributed by atoms with Crippen molar-refractivity contribution in [1.82, 2.24) is 4.98 Å². The normalized spacial score (nSPS) is 17.0. The first-order valence-electron chi connectivity index (χ1n) is 6.10. The van der Waals surface area contributed by atoms with Gasteiger partial charge in [-0.05, 0) is 30.9 Å². The van der Waals surface area contributed by atoms with E-state index in [0.717, 1.165) is 16.6 Å². The van der Waals surface area contributed by atoms with E-state index in [9.17, 15) is 5.11 Å². The number of hydrogen-bond acceptors (Lipinski definition) is 3. The molecule has 3 heteroatoms. The van der Waals surface area contributed by atoms with Gasteiger partial charge in [0.2, 0.25) is 0 Å². The molecule has 2 N–H and O–H groups in total. The smallest absolute Gasteiger partial charge is 0.0740 e. The fraction of sp³-hybridized carbons (Fsp3) is 0.357. The first-order valence-corrected chi connectivity index (χ1v) is 6.10. The van der Waals surface area contributed by atoms with Gasteiger partial charge in [0.15, 0.2) is 0 Å². The first kappa shape index (κ1) is 10.5. The molecular weight excluding hydrogens is 212 g/mol. The van der Waals surface area contributed by atoms with Crippen molar-refractivity contribution in [2.45, 2.75) is 18.9 Å². The van der Waals surface area contributed by atoms with Crippen LogP contribution < -0.4 is 5.32 Å². The van der Waals surface area contributed by atoms with Crippen LogP contribution in [0.3, 0.4) is 0 Å². The molecule has 0 aliphatic heterocycles. The quantitative estimate of drug-likeness (QED) is 0.844. The van der Waals surface area contributed by atoms with Crippen molar-refractivity contribution in [3.63, 3.8) is 0 Å². The molecule has 1 atom stereocenters. The van der Waals surface area contributed by atoms with Crippen molar-refractivity contribution in [2.75, 3.05) is 11.9 Å². The molecule has 0 spiro atoms. The first-order chi connectivity index (χ1) is 8.34. The molecule has 0 bridgehead atoms. The number of nitrogens with zero attached hydrogens (tertiary/aromatic N) is 1. The van der Waals surface area contributed by atoms with Crippen molar-refractivity contribution in [1.29, 1.82) is 0 Å². The largest absolute Gasteiger partial charge is 0.391 e. The molecule has 1 fully saturated rings. The van der Waals surface area contributed by atoms with Gasteiger partial charge in [-0.25, -0.2) is 0 Å². The van der Waals surface area contributed by atoms with Gasteiger partial charge in [-0.2, -0.15) is 0 Å². The third-order valence-corrected chi connectivity index (χ3v) is 3.32. The van der Waals surface area contributed by atoms with Crippen molar-refractivity contribution in [2.24, 2.45) is 5.92 Å². The Bertz CT molecular complexity index is 517. The second-order valence-electron chi connectivity index (χ2n) is 4.66. The number of rotatable bonds is 4. The van der Waals surface area contributed by atoms with Crippen molar-refractivity contribution >= 4 is 16.6 Å². The molecule has 1 heterocycles. The zero-order valence-electron chi connectivity index (χ0n) is 9.63. The third-order valence-electron chi connectivity index (χ3n) is 3.32. The van der Waals surface area contributed by atoms with E-state index in [1.807, 2.05) is 30.3 Å². The van der Waals surface area contributed by atoms with Gasteiger partial charge in [-0.1, -0.05) is 18.2 Å². The SMILES string of the molecule is OC(CNc1ccnc2ccccc12)C1CC1. The Labute approximate surface area is 100 Å². The van der Waals surface area contributed by atoms with Crippen LogP contribution in [0.1, 0.15) is 12.8 Å². The molecule has 1 aliphatic rings. The molecule has 0 radical (unpaired) electrons. The Hall–Kier alpha value is -1.61. The maximum Gasteiger partial charge on any atom is 0.0740 e. The highest BCUT2D eigenvalue weighted by molar-refractivity contribution is 5.90. The van der Waals surface area contributed by atoms with Gasteiger partial charge < -0.3 is 10.4 Å². The van der Waals surface area contributed by atoms with Crippen LogP contribution in [-0.2, 0) is 0 Å². The number of aliphatic hydroxyl groups is 1.